The first-order valence-corrected chi connectivity index (χ1v) is 11.8. The van der Waals surface area contributed by atoms with Gasteiger partial charge < -0.3 is 15.1 Å². The maximum atomic E-state index is 13.0. The molecule has 1 aliphatic carbocycles. The molecule has 172 valence electrons. The second-order valence-electron chi connectivity index (χ2n) is 10.1. The Morgan fingerprint density at radius 2 is 1.82 bits per heavy atom. The van der Waals surface area contributed by atoms with Crippen molar-refractivity contribution < 1.29 is 4.79 Å². The Kier molecular flexibility index (Phi) is 5.67. The highest BCUT2D eigenvalue weighted by Crippen LogP contribution is 2.48. The first-order valence-electron chi connectivity index (χ1n) is 11.8. The smallest absolute Gasteiger partial charge is 0.317 e. The predicted molar refractivity (Wildman–Crippen MR) is 125 cm³/mol. The fourth-order valence-corrected chi connectivity index (χ4v) is 5.67. The topological polar surface area (TPSA) is 88.4 Å². The van der Waals surface area contributed by atoms with Crippen LogP contribution in [-0.4, -0.2) is 70.1 Å². The molecule has 8 heteroatoms. The van der Waals surface area contributed by atoms with Gasteiger partial charge in [0.2, 0.25) is 5.95 Å². The monoisotopic (exact) mass is 445 g/mol. The lowest BCUT2D eigenvalue weighted by Crippen LogP contribution is -2.68. The zero-order valence-electron chi connectivity index (χ0n) is 19.3. The third kappa shape index (κ3) is 4.38. The highest BCUT2D eigenvalue weighted by Gasteiger charge is 2.52. The molecule has 2 atom stereocenters. The van der Waals surface area contributed by atoms with Gasteiger partial charge >= 0.3 is 6.03 Å². The molecular formula is C25H31N7O. The predicted octanol–water partition coefficient (Wildman–Crippen LogP) is 2.62. The number of carbonyl (C=O) groups excluding carboxylic acids is 1. The van der Waals surface area contributed by atoms with Gasteiger partial charge in [0.25, 0.3) is 0 Å². The summed E-state index contributed by atoms with van der Waals surface area (Å²) in [5.41, 5.74) is 2.22. The van der Waals surface area contributed by atoms with Gasteiger partial charge in [-0.05, 0) is 37.7 Å². The van der Waals surface area contributed by atoms with Crippen molar-refractivity contribution in [2.24, 2.45) is 5.41 Å². The Morgan fingerprint density at radius 1 is 1.12 bits per heavy atom. The second-order valence-corrected chi connectivity index (χ2v) is 10.1. The number of nitrogens with zero attached hydrogens (tertiary/aromatic N) is 6. The lowest BCUT2D eigenvalue weighted by molar-refractivity contribution is -0.0811. The Hall–Kier alpha value is -3.18. The number of carbonyl (C=O) groups is 1. The first kappa shape index (κ1) is 21.7. The maximum absolute atomic E-state index is 13.0. The third-order valence-corrected chi connectivity index (χ3v) is 7.32. The average molecular weight is 446 g/mol. The zero-order valence-corrected chi connectivity index (χ0v) is 19.3. The van der Waals surface area contributed by atoms with E-state index in [4.69, 9.17) is 5.26 Å². The summed E-state index contributed by atoms with van der Waals surface area (Å²) in [6, 6.07) is 13.1. The standard InChI is InChI=1S/C25H31N7O/c1-18-14-32(19(2)13-31(18)23-27-11-21(10-26)12-28-23)24(33)29-22-8-25(9-22)16-30(17-25)15-20-6-4-3-5-7-20/h3-7,11-12,18-19,22H,8-9,13-17H2,1-2H3,(H,29,33)/t18-,19+/m0/s1. The molecular weight excluding hydrogens is 414 g/mol. The number of nitriles is 1. The molecule has 8 nitrogen and oxygen atoms in total. The molecule has 2 aromatic rings. The summed E-state index contributed by atoms with van der Waals surface area (Å²) in [5, 5.41) is 12.2. The number of nitrogens with one attached hydrogen (secondary N) is 1. The van der Waals surface area contributed by atoms with E-state index in [1.807, 2.05) is 11.0 Å². The minimum Gasteiger partial charge on any atom is -0.335 e. The van der Waals surface area contributed by atoms with Gasteiger partial charge in [-0.3, -0.25) is 4.90 Å². The molecule has 2 saturated heterocycles. The molecule has 3 aliphatic rings. The van der Waals surface area contributed by atoms with Gasteiger partial charge in [-0.15, -0.1) is 0 Å². The quantitative estimate of drug-likeness (QED) is 0.778. The average Bonchev–Trinajstić information content (AvgIpc) is 2.78. The molecule has 1 aromatic carbocycles. The van der Waals surface area contributed by atoms with Gasteiger partial charge in [0.15, 0.2) is 0 Å². The zero-order chi connectivity index (χ0) is 23.0. The first-order chi connectivity index (χ1) is 15.9. The van der Waals surface area contributed by atoms with Crippen LogP contribution in [0.5, 0.6) is 0 Å². The Balaban J connectivity index is 1.09. The van der Waals surface area contributed by atoms with E-state index in [0.717, 1.165) is 32.5 Å². The largest absolute Gasteiger partial charge is 0.335 e. The number of hydrogen-bond donors (Lipinski definition) is 1. The molecule has 3 fully saturated rings. The molecule has 1 aromatic heterocycles. The number of urea groups is 1. The van der Waals surface area contributed by atoms with Crippen LogP contribution in [0, 0.1) is 16.7 Å². The summed E-state index contributed by atoms with van der Waals surface area (Å²) in [5.74, 6) is 0.611. The van der Waals surface area contributed by atoms with Crippen molar-refractivity contribution >= 4 is 12.0 Å². The van der Waals surface area contributed by atoms with Crippen LogP contribution in [0.25, 0.3) is 0 Å². The van der Waals surface area contributed by atoms with E-state index in [0.29, 0.717) is 30.0 Å². The van der Waals surface area contributed by atoms with Crippen LogP contribution < -0.4 is 10.2 Å². The van der Waals surface area contributed by atoms with Crippen LogP contribution in [-0.2, 0) is 6.54 Å². The number of rotatable bonds is 4. The van der Waals surface area contributed by atoms with Crippen LogP contribution in [0.1, 0.15) is 37.8 Å². The van der Waals surface area contributed by atoms with Crippen LogP contribution in [0.4, 0.5) is 10.7 Å². The molecule has 0 radical (unpaired) electrons. The minimum atomic E-state index is 0.0371. The molecule has 1 saturated carbocycles. The van der Waals surface area contributed by atoms with E-state index in [9.17, 15) is 4.79 Å². The van der Waals surface area contributed by atoms with Gasteiger partial charge in [0, 0.05) is 50.8 Å². The van der Waals surface area contributed by atoms with Crippen molar-refractivity contribution in [3.8, 4) is 6.07 Å². The molecule has 1 spiro atoms. The summed E-state index contributed by atoms with van der Waals surface area (Å²) in [6.45, 7) is 8.72. The lowest BCUT2D eigenvalue weighted by Gasteiger charge is -2.59. The highest BCUT2D eigenvalue weighted by atomic mass is 16.2. The molecule has 0 bridgehead atoms. The fraction of sp³-hybridized carbons (Fsp3) is 0.520. The van der Waals surface area contributed by atoms with Crippen LogP contribution in [0.15, 0.2) is 42.7 Å². The fourth-order valence-electron chi connectivity index (χ4n) is 5.67. The number of aromatic nitrogens is 2. The molecule has 5 rings (SSSR count). The third-order valence-electron chi connectivity index (χ3n) is 7.32. The number of amides is 2. The van der Waals surface area contributed by atoms with E-state index in [1.54, 1.807) is 12.4 Å². The number of likely N-dealkylation sites (tertiary alicyclic amines) is 1. The van der Waals surface area contributed by atoms with Crippen LogP contribution >= 0.6 is 0 Å². The Morgan fingerprint density at radius 3 is 2.48 bits per heavy atom. The number of piperazine rings is 1. The van der Waals surface area contributed by atoms with E-state index >= 15 is 0 Å². The molecule has 0 unspecified atom stereocenters. The summed E-state index contributed by atoms with van der Waals surface area (Å²) in [6.07, 6.45) is 5.25. The van der Waals surface area contributed by atoms with Gasteiger partial charge in [-0.2, -0.15) is 5.26 Å². The van der Waals surface area contributed by atoms with Crippen molar-refractivity contribution in [3.63, 3.8) is 0 Å². The van der Waals surface area contributed by atoms with Crippen molar-refractivity contribution in [1.82, 2.24) is 25.1 Å². The SMILES string of the molecule is C[C@@H]1CN(c2ncc(C#N)cn2)[C@@H](C)CN1C(=O)NC1CC2(C1)CN(Cc1ccccc1)C2. The minimum absolute atomic E-state index is 0.0371. The van der Waals surface area contributed by atoms with Crippen molar-refractivity contribution in [1.29, 1.82) is 5.26 Å². The van der Waals surface area contributed by atoms with E-state index < -0.39 is 0 Å². The summed E-state index contributed by atoms with van der Waals surface area (Å²) >= 11 is 0. The molecule has 2 aliphatic heterocycles. The summed E-state index contributed by atoms with van der Waals surface area (Å²) in [7, 11) is 0. The van der Waals surface area contributed by atoms with Crippen LogP contribution in [0.3, 0.4) is 0 Å². The normalized spacial score (nSPS) is 24.6. The van der Waals surface area contributed by atoms with Gasteiger partial charge in [0.05, 0.1) is 18.0 Å². The van der Waals surface area contributed by atoms with Gasteiger partial charge in [0.1, 0.15) is 6.07 Å². The van der Waals surface area contributed by atoms with Crippen molar-refractivity contribution in [2.75, 3.05) is 31.1 Å². The van der Waals surface area contributed by atoms with Crippen molar-refractivity contribution in [3.05, 3.63) is 53.9 Å². The van der Waals surface area contributed by atoms with Gasteiger partial charge in [-0.25, -0.2) is 14.8 Å². The molecule has 2 amide bonds. The van der Waals surface area contributed by atoms with Crippen LogP contribution in [0.2, 0.25) is 0 Å². The van der Waals surface area contributed by atoms with E-state index in [-0.39, 0.29) is 24.2 Å². The maximum Gasteiger partial charge on any atom is 0.317 e. The van der Waals surface area contributed by atoms with Gasteiger partial charge in [-0.1, -0.05) is 30.3 Å². The molecule has 33 heavy (non-hydrogen) atoms. The number of anilines is 1. The summed E-state index contributed by atoms with van der Waals surface area (Å²) < 4.78 is 0. The van der Waals surface area contributed by atoms with E-state index in [2.05, 4.69) is 69.3 Å². The van der Waals surface area contributed by atoms with Crippen molar-refractivity contribution in [2.45, 2.75) is 51.4 Å². The summed E-state index contributed by atoms with van der Waals surface area (Å²) in [4.78, 5) is 28.2. The highest BCUT2D eigenvalue weighted by molar-refractivity contribution is 5.75. The number of benzene rings is 1. The molecule has 3 heterocycles. The Labute approximate surface area is 195 Å². The lowest BCUT2D eigenvalue weighted by atomic mass is 9.60. The van der Waals surface area contributed by atoms with E-state index in [1.165, 1.54) is 5.56 Å². The Bertz CT molecular complexity index is 1020. The molecule has 1 N–H and O–H groups in total. The number of hydrogen-bond acceptors (Lipinski definition) is 6. The second kappa shape index (κ2) is 8.64.